The molecule has 4 nitrogen and oxygen atoms in total. The number of hydrogen-bond acceptors (Lipinski definition) is 3. The van der Waals surface area contributed by atoms with Crippen molar-refractivity contribution in [2.75, 3.05) is 6.54 Å². The van der Waals surface area contributed by atoms with Gasteiger partial charge in [0, 0.05) is 12.6 Å². The highest BCUT2D eigenvalue weighted by molar-refractivity contribution is 7.89. The molecule has 0 heterocycles. The van der Waals surface area contributed by atoms with Crippen molar-refractivity contribution in [1.82, 2.24) is 4.72 Å². The van der Waals surface area contributed by atoms with E-state index in [-0.39, 0.29) is 17.2 Å². The van der Waals surface area contributed by atoms with Crippen LogP contribution in [0.5, 0.6) is 5.75 Å². The third-order valence-corrected chi connectivity index (χ3v) is 3.22. The third-order valence-electron chi connectivity index (χ3n) is 1.68. The monoisotopic (exact) mass is 251 g/mol. The van der Waals surface area contributed by atoms with Crippen LogP contribution >= 0.6 is 0 Å². The molecular weight excluding hydrogens is 240 g/mol. The first-order valence-corrected chi connectivity index (χ1v) is 5.98. The Balaban J connectivity index is 2.98. The average molecular weight is 251 g/mol. The zero-order valence-electron chi connectivity index (χ0n) is 8.48. The molecule has 0 saturated heterocycles. The first-order valence-electron chi connectivity index (χ1n) is 4.50. The average Bonchev–Trinajstić information content (AvgIpc) is 2.17. The second kappa shape index (κ2) is 5.22. The largest absolute Gasteiger partial charge is 0.435 e. The molecule has 0 aliphatic rings. The number of sulfonamides is 1. The fourth-order valence-electron chi connectivity index (χ4n) is 1.09. The minimum atomic E-state index is -3.64. The number of halogens is 2. The van der Waals surface area contributed by atoms with E-state index >= 15 is 0 Å². The summed E-state index contributed by atoms with van der Waals surface area (Å²) in [6.45, 7) is -1.13. The molecule has 7 heteroatoms. The van der Waals surface area contributed by atoms with Crippen LogP contribution in [0.1, 0.15) is 6.92 Å². The summed E-state index contributed by atoms with van der Waals surface area (Å²) < 4.78 is 53.2. The lowest BCUT2D eigenvalue weighted by Gasteiger charge is -2.07. The smallest absolute Gasteiger partial charge is 0.387 e. The van der Waals surface area contributed by atoms with Crippen LogP contribution in [-0.2, 0) is 10.0 Å². The zero-order chi connectivity index (χ0) is 12.2. The van der Waals surface area contributed by atoms with Crippen LogP contribution in [0.3, 0.4) is 0 Å². The predicted octanol–water partition coefficient (Wildman–Crippen LogP) is 1.59. The molecule has 0 atom stereocenters. The van der Waals surface area contributed by atoms with Crippen LogP contribution in [0.2, 0.25) is 0 Å². The standard InChI is InChI=1S/C9H11F2NO3S/c1-2-12-16(13,14)8-5-3-4-7(6-8)15-9(10)11/h3-6,9,12H,2H2,1H3. The molecule has 0 radical (unpaired) electrons. The van der Waals surface area contributed by atoms with Crippen LogP contribution in [-0.4, -0.2) is 21.6 Å². The molecule has 16 heavy (non-hydrogen) atoms. The van der Waals surface area contributed by atoms with Crippen molar-refractivity contribution in [2.45, 2.75) is 18.4 Å². The molecule has 0 unspecified atom stereocenters. The summed E-state index contributed by atoms with van der Waals surface area (Å²) in [6.07, 6.45) is 0. The Kier molecular flexibility index (Phi) is 4.19. The van der Waals surface area contributed by atoms with Gasteiger partial charge in [0.15, 0.2) is 0 Å². The molecule has 1 aromatic carbocycles. The molecule has 0 bridgehead atoms. The summed E-state index contributed by atoms with van der Waals surface area (Å²) in [5.41, 5.74) is 0. The Morgan fingerprint density at radius 2 is 2.12 bits per heavy atom. The van der Waals surface area contributed by atoms with Crippen LogP contribution in [0.25, 0.3) is 0 Å². The summed E-state index contributed by atoms with van der Waals surface area (Å²) in [4.78, 5) is -0.104. The Hall–Kier alpha value is -1.21. The molecule has 0 aliphatic heterocycles. The summed E-state index contributed by atoms with van der Waals surface area (Å²) in [5, 5.41) is 0. The number of rotatable bonds is 5. The normalized spacial score (nSPS) is 11.8. The molecule has 90 valence electrons. The molecule has 1 N–H and O–H groups in total. The van der Waals surface area contributed by atoms with Gasteiger partial charge in [-0.05, 0) is 12.1 Å². The van der Waals surface area contributed by atoms with Crippen molar-refractivity contribution in [1.29, 1.82) is 0 Å². The molecule has 0 saturated carbocycles. The van der Waals surface area contributed by atoms with Crippen LogP contribution in [0.15, 0.2) is 29.2 Å². The van der Waals surface area contributed by atoms with Crippen LogP contribution < -0.4 is 9.46 Å². The van der Waals surface area contributed by atoms with E-state index in [1.165, 1.54) is 18.2 Å². The van der Waals surface area contributed by atoms with Crippen molar-refractivity contribution in [2.24, 2.45) is 0 Å². The van der Waals surface area contributed by atoms with Crippen molar-refractivity contribution in [3.8, 4) is 5.75 Å². The zero-order valence-corrected chi connectivity index (χ0v) is 9.30. The summed E-state index contributed by atoms with van der Waals surface area (Å²) >= 11 is 0. The van der Waals surface area contributed by atoms with E-state index in [0.29, 0.717) is 0 Å². The lowest BCUT2D eigenvalue weighted by atomic mass is 10.3. The van der Waals surface area contributed by atoms with Gasteiger partial charge < -0.3 is 4.74 Å². The fraction of sp³-hybridized carbons (Fsp3) is 0.333. The van der Waals surface area contributed by atoms with E-state index < -0.39 is 16.6 Å². The second-order valence-electron chi connectivity index (χ2n) is 2.85. The van der Waals surface area contributed by atoms with Gasteiger partial charge in [-0.25, -0.2) is 13.1 Å². The quantitative estimate of drug-likeness (QED) is 0.864. The third kappa shape index (κ3) is 3.42. The maximum absolute atomic E-state index is 11.9. The van der Waals surface area contributed by atoms with Crippen molar-refractivity contribution in [3.63, 3.8) is 0 Å². The topological polar surface area (TPSA) is 55.4 Å². The van der Waals surface area contributed by atoms with E-state index in [4.69, 9.17) is 0 Å². The molecule has 1 aromatic rings. The second-order valence-corrected chi connectivity index (χ2v) is 4.62. The summed E-state index contributed by atoms with van der Waals surface area (Å²) in [5.74, 6) is -0.186. The first-order chi connectivity index (χ1) is 7.45. The minimum Gasteiger partial charge on any atom is -0.435 e. The Labute approximate surface area is 92.3 Å². The van der Waals surface area contributed by atoms with Crippen LogP contribution in [0.4, 0.5) is 8.78 Å². The van der Waals surface area contributed by atoms with E-state index in [2.05, 4.69) is 9.46 Å². The number of hydrogen-bond donors (Lipinski definition) is 1. The van der Waals surface area contributed by atoms with Gasteiger partial charge in [-0.15, -0.1) is 0 Å². The molecule has 0 fully saturated rings. The number of alkyl halides is 2. The van der Waals surface area contributed by atoms with Crippen molar-refractivity contribution < 1.29 is 21.9 Å². The van der Waals surface area contributed by atoms with E-state index in [9.17, 15) is 17.2 Å². The van der Waals surface area contributed by atoms with Gasteiger partial charge in [-0.1, -0.05) is 13.0 Å². The van der Waals surface area contributed by atoms with E-state index in [1.807, 2.05) is 0 Å². The Morgan fingerprint density at radius 1 is 1.44 bits per heavy atom. The highest BCUT2D eigenvalue weighted by Gasteiger charge is 2.14. The van der Waals surface area contributed by atoms with Gasteiger partial charge in [0.2, 0.25) is 10.0 Å². The molecule has 1 rings (SSSR count). The minimum absolute atomic E-state index is 0.104. The fourth-order valence-corrected chi connectivity index (χ4v) is 2.17. The lowest BCUT2D eigenvalue weighted by Crippen LogP contribution is -2.23. The number of benzene rings is 1. The Morgan fingerprint density at radius 3 is 2.69 bits per heavy atom. The van der Waals surface area contributed by atoms with Gasteiger partial charge in [0.05, 0.1) is 4.90 Å². The van der Waals surface area contributed by atoms with Gasteiger partial charge >= 0.3 is 6.61 Å². The number of nitrogens with one attached hydrogen (secondary N) is 1. The van der Waals surface area contributed by atoms with Crippen LogP contribution in [0, 0.1) is 0 Å². The molecule has 0 aliphatic carbocycles. The maximum atomic E-state index is 11.9. The van der Waals surface area contributed by atoms with Crippen molar-refractivity contribution in [3.05, 3.63) is 24.3 Å². The summed E-state index contributed by atoms with van der Waals surface area (Å²) in [6, 6.07) is 4.94. The lowest BCUT2D eigenvalue weighted by molar-refractivity contribution is -0.0499. The summed E-state index contributed by atoms with van der Waals surface area (Å²) in [7, 11) is -3.64. The highest BCUT2D eigenvalue weighted by atomic mass is 32.2. The van der Waals surface area contributed by atoms with Gasteiger partial charge in [0.1, 0.15) is 5.75 Å². The SMILES string of the molecule is CCNS(=O)(=O)c1cccc(OC(F)F)c1. The van der Waals surface area contributed by atoms with E-state index in [0.717, 1.165) is 6.07 Å². The highest BCUT2D eigenvalue weighted by Crippen LogP contribution is 2.18. The molecular formula is C9H11F2NO3S. The Bertz CT molecular complexity index is 448. The molecule has 0 amide bonds. The maximum Gasteiger partial charge on any atom is 0.387 e. The predicted molar refractivity (Wildman–Crippen MR) is 53.9 cm³/mol. The number of ether oxygens (including phenoxy) is 1. The van der Waals surface area contributed by atoms with Gasteiger partial charge in [-0.2, -0.15) is 8.78 Å². The molecule has 0 aromatic heterocycles. The first kappa shape index (κ1) is 12.9. The van der Waals surface area contributed by atoms with Gasteiger partial charge in [0.25, 0.3) is 0 Å². The van der Waals surface area contributed by atoms with Crippen molar-refractivity contribution >= 4 is 10.0 Å². The van der Waals surface area contributed by atoms with Gasteiger partial charge in [-0.3, -0.25) is 0 Å². The van der Waals surface area contributed by atoms with E-state index in [1.54, 1.807) is 6.92 Å². The molecule has 0 spiro atoms.